The summed E-state index contributed by atoms with van der Waals surface area (Å²) in [7, 11) is 1.47. The number of carbonyl (C=O) groups excluding carboxylic acids is 1. The molecule has 0 saturated heterocycles. The lowest BCUT2D eigenvalue weighted by molar-refractivity contribution is -0.151. The Labute approximate surface area is 137 Å². The van der Waals surface area contributed by atoms with E-state index in [1.165, 1.54) is 7.11 Å². The second-order valence-electron chi connectivity index (χ2n) is 5.14. The van der Waals surface area contributed by atoms with Crippen LogP contribution < -0.4 is 0 Å². The molecule has 3 nitrogen and oxygen atoms in total. The molecule has 0 spiro atoms. The molecule has 0 bridgehead atoms. The van der Waals surface area contributed by atoms with Gasteiger partial charge in [-0.3, -0.25) is 0 Å². The fraction of sp³-hybridized carbons (Fsp3) is 0.350. The average Bonchev–Trinajstić information content (AvgIpc) is 2.59. The third-order valence-corrected chi connectivity index (χ3v) is 3.31. The summed E-state index contributed by atoms with van der Waals surface area (Å²) in [5.74, 6) is 12.0. The van der Waals surface area contributed by atoms with Crippen LogP contribution in [0.25, 0.3) is 0 Å². The van der Waals surface area contributed by atoms with Crippen LogP contribution in [0.2, 0.25) is 0 Å². The number of allylic oxidation sites excluding steroid dienone is 1. The van der Waals surface area contributed by atoms with Crippen LogP contribution in [0.15, 0.2) is 42.0 Å². The number of esters is 1. The van der Waals surface area contributed by atoms with Gasteiger partial charge in [-0.2, -0.15) is 0 Å². The molecule has 1 atom stereocenters. The van der Waals surface area contributed by atoms with Crippen molar-refractivity contribution in [3.05, 3.63) is 47.5 Å². The smallest absolute Gasteiger partial charge is 0.333 e. The van der Waals surface area contributed by atoms with Gasteiger partial charge in [-0.25, -0.2) is 4.79 Å². The van der Waals surface area contributed by atoms with Crippen LogP contribution in [0.1, 0.15) is 37.4 Å². The third kappa shape index (κ3) is 5.66. The van der Waals surface area contributed by atoms with Crippen molar-refractivity contribution in [3.8, 4) is 23.7 Å². The van der Waals surface area contributed by atoms with Crippen molar-refractivity contribution in [2.45, 2.75) is 31.8 Å². The van der Waals surface area contributed by atoms with Gasteiger partial charge in [0.1, 0.15) is 6.61 Å². The Balaban J connectivity index is 2.33. The van der Waals surface area contributed by atoms with Crippen LogP contribution in [-0.2, 0) is 14.3 Å². The second-order valence-corrected chi connectivity index (χ2v) is 5.14. The molecule has 0 aliphatic heterocycles. The number of rotatable bonds is 5. The third-order valence-electron chi connectivity index (χ3n) is 3.31. The summed E-state index contributed by atoms with van der Waals surface area (Å²) in [5, 5.41) is 0. The van der Waals surface area contributed by atoms with Gasteiger partial charge in [-0.1, -0.05) is 54.0 Å². The topological polar surface area (TPSA) is 35.5 Å². The van der Waals surface area contributed by atoms with Gasteiger partial charge in [-0.15, -0.1) is 0 Å². The summed E-state index contributed by atoms with van der Waals surface area (Å²) >= 11 is 0. The van der Waals surface area contributed by atoms with Gasteiger partial charge in [0.25, 0.3) is 0 Å². The van der Waals surface area contributed by atoms with E-state index >= 15 is 0 Å². The number of carbonyl (C=O) groups is 1. The molecule has 1 aliphatic rings. The molecular formula is C20H20O3. The minimum atomic E-state index is -0.555. The Hall–Kier alpha value is -2.49. The largest absolute Gasteiger partial charge is 0.450 e. The molecule has 0 unspecified atom stereocenters. The zero-order valence-electron chi connectivity index (χ0n) is 13.3. The maximum Gasteiger partial charge on any atom is 0.333 e. The SMILES string of the molecule is COCC(=O)O[C@@H](/C1=C/C#CCCCCC#C1)c1ccccc1. The van der Waals surface area contributed by atoms with Crippen LogP contribution in [0.4, 0.5) is 0 Å². The lowest BCUT2D eigenvalue weighted by Gasteiger charge is -2.18. The highest BCUT2D eigenvalue weighted by Gasteiger charge is 2.20. The Morgan fingerprint density at radius 3 is 2.65 bits per heavy atom. The summed E-state index contributed by atoms with van der Waals surface area (Å²) in [4.78, 5) is 11.9. The van der Waals surface area contributed by atoms with Crippen molar-refractivity contribution in [1.82, 2.24) is 0 Å². The van der Waals surface area contributed by atoms with E-state index in [0.29, 0.717) is 5.57 Å². The number of methoxy groups -OCH3 is 1. The van der Waals surface area contributed by atoms with E-state index in [0.717, 1.165) is 31.2 Å². The molecule has 3 heteroatoms. The highest BCUT2D eigenvalue weighted by molar-refractivity contribution is 5.71. The zero-order valence-corrected chi connectivity index (χ0v) is 13.3. The molecular weight excluding hydrogens is 288 g/mol. The monoisotopic (exact) mass is 308 g/mol. The standard InChI is InChI=1S/C20H20O3/c1-22-16-19(21)23-20(18-14-10-7-11-15-18)17-12-8-5-3-2-4-6-9-13-17/h7,10-11,13-15,20H,2-5,16H2,1H3/b17-13+/t20-/m0/s1. The predicted molar refractivity (Wildman–Crippen MR) is 89.3 cm³/mol. The minimum Gasteiger partial charge on any atom is -0.450 e. The van der Waals surface area contributed by atoms with Crippen LogP contribution in [0, 0.1) is 23.7 Å². The van der Waals surface area contributed by atoms with Crippen molar-refractivity contribution in [2.24, 2.45) is 0 Å². The molecule has 0 heterocycles. The minimum absolute atomic E-state index is 0.0876. The van der Waals surface area contributed by atoms with Gasteiger partial charge in [0.15, 0.2) is 6.10 Å². The lowest BCUT2D eigenvalue weighted by atomic mass is 10.0. The van der Waals surface area contributed by atoms with E-state index in [-0.39, 0.29) is 6.61 Å². The van der Waals surface area contributed by atoms with Crippen LogP contribution >= 0.6 is 0 Å². The van der Waals surface area contributed by atoms with Gasteiger partial charge >= 0.3 is 5.97 Å². The first kappa shape index (κ1) is 16.9. The van der Waals surface area contributed by atoms with E-state index in [1.807, 2.05) is 30.3 Å². The number of hydrogen-bond donors (Lipinski definition) is 0. The van der Waals surface area contributed by atoms with Crippen molar-refractivity contribution in [1.29, 1.82) is 0 Å². The Kier molecular flexibility index (Phi) is 6.98. The molecule has 1 aromatic rings. The fourth-order valence-electron chi connectivity index (χ4n) is 2.19. The van der Waals surface area contributed by atoms with E-state index in [4.69, 9.17) is 9.47 Å². The van der Waals surface area contributed by atoms with Crippen LogP contribution in [-0.4, -0.2) is 19.7 Å². The molecule has 118 valence electrons. The maximum atomic E-state index is 11.9. The summed E-state index contributed by atoms with van der Waals surface area (Å²) < 4.78 is 10.4. The van der Waals surface area contributed by atoms with Gasteiger partial charge in [-0.05, 0) is 18.4 Å². The molecule has 1 aliphatic carbocycles. The first-order chi connectivity index (χ1) is 11.3. The van der Waals surface area contributed by atoms with Crippen molar-refractivity contribution < 1.29 is 14.3 Å². The van der Waals surface area contributed by atoms with Crippen molar-refractivity contribution in [3.63, 3.8) is 0 Å². The predicted octanol–water partition coefficient (Wildman–Crippen LogP) is 3.42. The zero-order chi connectivity index (χ0) is 16.3. The average molecular weight is 308 g/mol. The first-order valence-corrected chi connectivity index (χ1v) is 7.72. The normalized spacial score (nSPS) is 17.3. The van der Waals surface area contributed by atoms with Crippen molar-refractivity contribution in [2.75, 3.05) is 13.7 Å². The molecule has 1 aromatic carbocycles. The molecule has 0 N–H and O–H groups in total. The van der Waals surface area contributed by atoms with Crippen LogP contribution in [0.3, 0.4) is 0 Å². The molecule has 2 rings (SSSR count). The van der Waals surface area contributed by atoms with E-state index in [9.17, 15) is 4.79 Å². The molecule has 23 heavy (non-hydrogen) atoms. The molecule has 0 radical (unpaired) electrons. The molecule has 0 aromatic heterocycles. The van der Waals surface area contributed by atoms with E-state index < -0.39 is 12.1 Å². The Morgan fingerprint density at radius 1 is 1.17 bits per heavy atom. The van der Waals surface area contributed by atoms with Crippen LogP contribution in [0.5, 0.6) is 0 Å². The fourth-order valence-corrected chi connectivity index (χ4v) is 2.19. The van der Waals surface area contributed by atoms with Gasteiger partial charge in [0, 0.05) is 26.0 Å². The summed E-state index contributed by atoms with van der Waals surface area (Å²) in [6, 6.07) is 9.57. The van der Waals surface area contributed by atoms with E-state index in [2.05, 4.69) is 23.7 Å². The number of hydrogen-bond acceptors (Lipinski definition) is 3. The molecule has 0 fully saturated rings. The van der Waals surface area contributed by atoms with E-state index in [1.54, 1.807) is 6.08 Å². The first-order valence-electron chi connectivity index (χ1n) is 7.72. The number of benzene rings is 1. The highest BCUT2D eigenvalue weighted by Crippen LogP contribution is 2.26. The lowest BCUT2D eigenvalue weighted by Crippen LogP contribution is -2.17. The van der Waals surface area contributed by atoms with Gasteiger partial charge in [0.2, 0.25) is 0 Å². The van der Waals surface area contributed by atoms with Crippen molar-refractivity contribution >= 4 is 5.97 Å². The Morgan fingerprint density at radius 2 is 1.91 bits per heavy atom. The molecule has 0 amide bonds. The molecule has 0 saturated carbocycles. The highest BCUT2D eigenvalue weighted by atomic mass is 16.6. The second kappa shape index (κ2) is 9.51. The number of ether oxygens (including phenoxy) is 2. The maximum absolute atomic E-state index is 11.9. The quantitative estimate of drug-likeness (QED) is 0.617. The summed E-state index contributed by atoms with van der Waals surface area (Å²) in [5.41, 5.74) is 1.58. The van der Waals surface area contributed by atoms with Gasteiger partial charge in [0.05, 0.1) is 5.57 Å². The summed E-state index contributed by atoms with van der Waals surface area (Å²) in [6.07, 6.45) is 5.00. The van der Waals surface area contributed by atoms with Gasteiger partial charge < -0.3 is 9.47 Å². The summed E-state index contributed by atoms with van der Waals surface area (Å²) in [6.45, 7) is -0.0876. The Bertz CT molecular complexity index is 666.